The van der Waals surface area contributed by atoms with Crippen molar-refractivity contribution in [2.24, 2.45) is 0 Å². The van der Waals surface area contributed by atoms with E-state index in [9.17, 15) is 14.9 Å². The summed E-state index contributed by atoms with van der Waals surface area (Å²) >= 11 is 0. The van der Waals surface area contributed by atoms with Crippen LogP contribution < -0.4 is 10.1 Å². The molecule has 0 aliphatic rings. The van der Waals surface area contributed by atoms with Gasteiger partial charge in [-0.2, -0.15) is 5.10 Å². The van der Waals surface area contributed by atoms with Gasteiger partial charge in [-0.15, -0.1) is 0 Å². The van der Waals surface area contributed by atoms with Crippen molar-refractivity contribution in [2.45, 2.75) is 20.1 Å². The number of furan rings is 1. The summed E-state index contributed by atoms with van der Waals surface area (Å²) in [5.74, 6) is 0.160. The molecule has 9 nitrogen and oxygen atoms in total. The number of nitro groups is 1. The number of carbonyl (C=O) groups is 1. The second-order valence-corrected chi connectivity index (χ2v) is 7.15. The molecule has 32 heavy (non-hydrogen) atoms. The first kappa shape index (κ1) is 20.9. The number of aryl methyl sites for hydroxylation is 1. The van der Waals surface area contributed by atoms with E-state index in [1.807, 2.05) is 30.3 Å². The van der Waals surface area contributed by atoms with E-state index in [2.05, 4.69) is 10.4 Å². The third kappa shape index (κ3) is 5.01. The van der Waals surface area contributed by atoms with Gasteiger partial charge >= 0.3 is 5.69 Å². The molecule has 0 aliphatic carbocycles. The average molecular weight is 432 g/mol. The number of carbonyl (C=O) groups excluding carboxylic acids is 1. The van der Waals surface area contributed by atoms with Crippen LogP contribution in [0.4, 0.5) is 11.4 Å². The van der Waals surface area contributed by atoms with Crippen LogP contribution in [0.5, 0.6) is 5.75 Å². The SMILES string of the molecule is Cc1ccc(OCc2ccc(C(=O)Nc3cnn(Cc4ccccc4)c3)o2)c([N+](=O)[O-])c1. The monoisotopic (exact) mass is 432 g/mol. The smallest absolute Gasteiger partial charge is 0.311 e. The molecule has 4 aromatic rings. The summed E-state index contributed by atoms with van der Waals surface area (Å²) in [7, 11) is 0. The number of rotatable bonds is 8. The number of ether oxygens (including phenoxy) is 1. The zero-order chi connectivity index (χ0) is 22.5. The van der Waals surface area contributed by atoms with Gasteiger partial charge in [0.15, 0.2) is 11.5 Å². The Morgan fingerprint density at radius 1 is 1.19 bits per heavy atom. The van der Waals surface area contributed by atoms with Crippen molar-refractivity contribution in [1.29, 1.82) is 0 Å². The van der Waals surface area contributed by atoms with Crippen LogP contribution in [0.1, 0.15) is 27.4 Å². The summed E-state index contributed by atoms with van der Waals surface area (Å²) in [6.45, 7) is 2.30. The quantitative estimate of drug-likeness (QED) is 0.322. The maximum atomic E-state index is 12.5. The van der Waals surface area contributed by atoms with Crippen molar-refractivity contribution in [1.82, 2.24) is 9.78 Å². The van der Waals surface area contributed by atoms with Gasteiger partial charge in [0.05, 0.1) is 23.4 Å². The van der Waals surface area contributed by atoms with Crippen LogP contribution in [-0.4, -0.2) is 20.6 Å². The van der Waals surface area contributed by atoms with E-state index in [1.54, 1.807) is 36.1 Å². The van der Waals surface area contributed by atoms with Crippen molar-refractivity contribution in [2.75, 3.05) is 5.32 Å². The van der Waals surface area contributed by atoms with Crippen LogP contribution in [0, 0.1) is 17.0 Å². The summed E-state index contributed by atoms with van der Waals surface area (Å²) in [5, 5.41) is 18.2. The molecule has 0 unspecified atom stereocenters. The number of nitrogens with zero attached hydrogens (tertiary/aromatic N) is 3. The highest BCUT2D eigenvalue weighted by Gasteiger charge is 2.17. The molecule has 2 aromatic heterocycles. The molecular weight excluding hydrogens is 412 g/mol. The van der Waals surface area contributed by atoms with E-state index in [4.69, 9.17) is 9.15 Å². The lowest BCUT2D eigenvalue weighted by atomic mass is 10.2. The minimum Gasteiger partial charge on any atom is -0.479 e. The van der Waals surface area contributed by atoms with E-state index >= 15 is 0 Å². The van der Waals surface area contributed by atoms with Crippen LogP contribution in [0.25, 0.3) is 0 Å². The van der Waals surface area contributed by atoms with Gasteiger partial charge in [-0.3, -0.25) is 19.6 Å². The highest BCUT2D eigenvalue weighted by Crippen LogP contribution is 2.28. The van der Waals surface area contributed by atoms with Gasteiger partial charge < -0.3 is 14.5 Å². The third-order valence-corrected chi connectivity index (χ3v) is 4.65. The highest BCUT2D eigenvalue weighted by molar-refractivity contribution is 6.02. The maximum Gasteiger partial charge on any atom is 0.311 e. The Morgan fingerprint density at radius 2 is 2.00 bits per heavy atom. The van der Waals surface area contributed by atoms with E-state index in [0.717, 1.165) is 11.1 Å². The molecular formula is C23H20N4O5. The van der Waals surface area contributed by atoms with Crippen LogP contribution >= 0.6 is 0 Å². The molecule has 4 rings (SSSR count). The fraction of sp³-hybridized carbons (Fsp3) is 0.130. The minimum absolute atomic E-state index is 0.0494. The van der Waals surface area contributed by atoms with Crippen molar-refractivity contribution < 1.29 is 18.9 Å². The second kappa shape index (κ2) is 9.17. The predicted octanol–water partition coefficient (Wildman–Crippen LogP) is 4.57. The van der Waals surface area contributed by atoms with Crippen LogP contribution in [0.15, 0.2) is 77.5 Å². The molecule has 0 atom stereocenters. The number of nitro benzene ring substituents is 1. The number of nitrogens with one attached hydrogen (secondary N) is 1. The van der Waals surface area contributed by atoms with Crippen LogP contribution in [-0.2, 0) is 13.2 Å². The number of hydrogen-bond acceptors (Lipinski definition) is 6. The maximum absolute atomic E-state index is 12.5. The molecule has 162 valence electrons. The number of aromatic nitrogens is 2. The molecule has 2 aromatic carbocycles. The Bertz CT molecular complexity index is 1250. The topological polar surface area (TPSA) is 112 Å². The first-order valence-corrected chi connectivity index (χ1v) is 9.82. The minimum atomic E-state index is -0.499. The second-order valence-electron chi connectivity index (χ2n) is 7.15. The molecule has 9 heteroatoms. The van der Waals surface area contributed by atoms with E-state index in [1.165, 1.54) is 18.2 Å². The molecule has 2 heterocycles. The summed E-state index contributed by atoms with van der Waals surface area (Å²) in [6.07, 6.45) is 3.29. The van der Waals surface area contributed by atoms with Gasteiger partial charge in [-0.05, 0) is 36.2 Å². The molecule has 0 fully saturated rings. The number of hydrogen-bond donors (Lipinski definition) is 1. The number of amides is 1. The van der Waals surface area contributed by atoms with Gasteiger partial charge in [-0.1, -0.05) is 36.4 Å². The van der Waals surface area contributed by atoms with Crippen LogP contribution in [0.3, 0.4) is 0 Å². The fourth-order valence-electron chi connectivity index (χ4n) is 3.10. The van der Waals surface area contributed by atoms with Crippen LogP contribution in [0.2, 0.25) is 0 Å². The summed E-state index contributed by atoms with van der Waals surface area (Å²) in [6, 6.07) is 17.7. The van der Waals surface area contributed by atoms with E-state index < -0.39 is 10.8 Å². The zero-order valence-electron chi connectivity index (χ0n) is 17.2. The van der Waals surface area contributed by atoms with Gasteiger partial charge in [0, 0.05) is 12.3 Å². The fourth-order valence-corrected chi connectivity index (χ4v) is 3.10. The highest BCUT2D eigenvalue weighted by atomic mass is 16.6. The standard InChI is InChI=1S/C23H20N4O5/c1-16-7-9-21(20(11-16)27(29)30)31-15-19-8-10-22(32-19)23(28)25-18-12-24-26(14-18)13-17-5-3-2-4-6-17/h2-12,14H,13,15H2,1H3,(H,25,28). The van der Waals surface area contributed by atoms with Gasteiger partial charge in [-0.25, -0.2) is 0 Å². The summed E-state index contributed by atoms with van der Waals surface area (Å²) in [4.78, 5) is 23.2. The molecule has 0 saturated heterocycles. The Morgan fingerprint density at radius 3 is 2.78 bits per heavy atom. The van der Waals surface area contributed by atoms with E-state index in [-0.39, 0.29) is 23.8 Å². The normalized spacial score (nSPS) is 10.7. The summed E-state index contributed by atoms with van der Waals surface area (Å²) in [5.41, 5.74) is 2.27. The number of benzene rings is 2. The number of anilines is 1. The van der Waals surface area contributed by atoms with E-state index in [0.29, 0.717) is 18.0 Å². The van der Waals surface area contributed by atoms with Crippen molar-refractivity contribution >= 4 is 17.3 Å². The van der Waals surface area contributed by atoms with Gasteiger partial charge in [0.2, 0.25) is 0 Å². The van der Waals surface area contributed by atoms with Crippen molar-refractivity contribution in [3.8, 4) is 5.75 Å². The Balaban J connectivity index is 1.36. The molecule has 0 spiro atoms. The zero-order valence-corrected chi connectivity index (χ0v) is 17.2. The molecule has 0 radical (unpaired) electrons. The molecule has 0 saturated carbocycles. The Hall–Kier alpha value is -4.40. The first-order chi connectivity index (χ1) is 15.5. The lowest BCUT2D eigenvalue weighted by Gasteiger charge is -2.05. The third-order valence-electron chi connectivity index (χ3n) is 4.65. The molecule has 0 aliphatic heterocycles. The lowest BCUT2D eigenvalue weighted by Crippen LogP contribution is -2.10. The van der Waals surface area contributed by atoms with Gasteiger partial charge in [0.25, 0.3) is 5.91 Å². The first-order valence-electron chi connectivity index (χ1n) is 9.82. The summed E-state index contributed by atoms with van der Waals surface area (Å²) < 4.78 is 12.8. The Labute approximate surface area is 183 Å². The van der Waals surface area contributed by atoms with Crippen molar-refractivity contribution in [3.05, 3.63) is 106 Å². The molecule has 1 N–H and O–H groups in total. The predicted molar refractivity (Wildman–Crippen MR) is 117 cm³/mol. The molecule has 0 bridgehead atoms. The Kier molecular flexibility index (Phi) is 5.98. The largest absolute Gasteiger partial charge is 0.479 e. The lowest BCUT2D eigenvalue weighted by molar-refractivity contribution is -0.386. The average Bonchev–Trinajstić information content (AvgIpc) is 3.43. The molecule has 1 amide bonds. The van der Waals surface area contributed by atoms with Gasteiger partial charge in [0.1, 0.15) is 12.4 Å². The van der Waals surface area contributed by atoms with Crippen molar-refractivity contribution in [3.63, 3.8) is 0 Å².